The van der Waals surface area contributed by atoms with Gasteiger partial charge < -0.3 is 0 Å². The average molecular weight is 370 g/mol. The first-order chi connectivity index (χ1) is 10.7. The zero-order valence-corrected chi connectivity index (χ0v) is 15.0. The van der Waals surface area contributed by atoms with Crippen LogP contribution >= 0.6 is 23.4 Å². The lowest BCUT2D eigenvalue weighted by molar-refractivity contribution is 0.0994. The Morgan fingerprint density at radius 3 is 2.39 bits per heavy atom. The molecule has 2 aromatic rings. The second-order valence-electron chi connectivity index (χ2n) is 5.03. The van der Waals surface area contributed by atoms with E-state index in [0.29, 0.717) is 16.3 Å². The maximum absolute atomic E-state index is 12.4. The smallest absolute Gasteiger partial charge is 0.229 e. The monoisotopic (exact) mass is 369 g/mol. The van der Waals surface area contributed by atoms with Gasteiger partial charge in [0.1, 0.15) is 0 Å². The number of halogens is 1. The van der Waals surface area contributed by atoms with E-state index in [1.165, 1.54) is 11.8 Å². The number of rotatable bonds is 6. The number of ketones is 1. The molecule has 0 aliphatic heterocycles. The summed E-state index contributed by atoms with van der Waals surface area (Å²) in [6.45, 7) is 1.83. The number of nitrogens with one attached hydrogen (secondary N) is 1. The molecule has 1 atom stereocenters. The molecule has 0 saturated heterocycles. The lowest BCUT2D eigenvalue weighted by atomic mass is 10.1. The van der Waals surface area contributed by atoms with Crippen molar-refractivity contribution in [3.05, 3.63) is 59.1 Å². The van der Waals surface area contributed by atoms with Crippen molar-refractivity contribution in [1.82, 2.24) is 0 Å². The molecule has 1 unspecified atom stereocenters. The van der Waals surface area contributed by atoms with E-state index in [-0.39, 0.29) is 11.0 Å². The van der Waals surface area contributed by atoms with Gasteiger partial charge in [0.15, 0.2) is 5.78 Å². The van der Waals surface area contributed by atoms with Crippen molar-refractivity contribution in [1.29, 1.82) is 0 Å². The fourth-order valence-corrected chi connectivity index (χ4v) is 3.77. The number of carbonyl (C=O) groups is 1. The molecule has 0 aliphatic rings. The van der Waals surface area contributed by atoms with Crippen molar-refractivity contribution < 1.29 is 13.2 Å². The number of carbonyl (C=O) groups excluding carboxylic acids is 1. The zero-order valence-electron chi connectivity index (χ0n) is 12.6. The van der Waals surface area contributed by atoms with Crippen LogP contribution in [0.15, 0.2) is 53.4 Å². The summed E-state index contributed by atoms with van der Waals surface area (Å²) in [5.74, 6) is -0.0270. The van der Waals surface area contributed by atoms with E-state index in [1.807, 2.05) is 25.1 Å². The number of sulfonamides is 1. The number of benzene rings is 2. The van der Waals surface area contributed by atoms with Crippen LogP contribution in [-0.2, 0) is 10.0 Å². The predicted octanol–water partition coefficient (Wildman–Crippen LogP) is 4.08. The summed E-state index contributed by atoms with van der Waals surface area (Å²) in [5, 5.41) is 0.355. The minimum atomic E-state index is -3.32. The summed E-state index contributed by atoms with van der Waals surface area (Å²) in [6.07, 6.45) is 1.08. The highest BCUT2D eigenvalue weighted by molar-refractivity contribution is 8.00. The van der Waals surface area contributed by atoms with E-state index >= 15 is 0 Å². The number of hydrogen-bond donors (Lipinski definition) is 1. The Balaban J connectivity index is 2.07. The van der Waals surface area contributed by atoms with E-state index in [1.54, 1.807) is 30.3 Å². The summed E-state index contributed by atoms with van der Waals surface area (Å²) >= 11 is 7.37. The summed E-state index contributed by atoms with van der Waals surface area (Å²) in [5.41, 5.74) is 0.963. The van der Waals surface area contributed by atoms with Crippen LogP contribution < -0.4 is 4.72 Å². The second kappa shape index (κ2) is 7.38. The molecule has 0 amide bonds. The second-order valence-corrected chi connectivity index (χ2v) is 8.63. The van der Waals surface area contributed by atoms with Gasteiger partial charge in [0, 0.05) is 21.2 Å². The van der Waals surface area contributed by atoms with Crippen LogP contribution in [0, 0.1) is 0 Å². The van der Waals surface area contributed by atoms with Crippen molar-refractivity contribution >= 4 is 44.9 Å². The minimum absolute atomic E-state index is 0.0270. The van der Waals surface area contributed by atoms with Gasteiger partial charge in [0.2, 0.25) is 10.0 Å². The van der Waals surface area contributed by atoms with Crippen LogP contribution in [0.25, 0.3) is 0 Å². The molecular weight excluding hydrogens is 354 g/mol. The molecule has 2 rings (SSSR count). The highest BCUT2D eigenvalue weighted by Gasteiger charge is 2.16. The van der Waals surface area contributed by atoms with Crippen LogP contribution in [0.3, 0.4) is 0 Å². The molecule has 0 aromatic heterocycles. The summed E-state index contributed by atoms with van der Waals surface area (Å²) < 4.78 is 24.7. The summed E-state index contributed by atoms with van der Waals surface area (Å²) in [4.78, 5) is 13.4. The van der Waals surface area contributed by atoms with Crippen molar-refractivity contribution in [3.63, 3.8) is 0 Å². The van der Waals surface area contributed by atoms with E-state index in [4.69, 9.17) is 11.6 Å². The quantitative estimate of drug-likeness (QED) is 0.615. The molecule has 0 bridgehead atoms. The molecule has 122 valence electrons. The molecule has 0 aliphatic carbocycles. The van der Waals surface area contributed by atoms with E-state index in [0.717, 1.165) is 11.2 Å². The van der Waals surface area contributed by atoms with Gasteiger partial charge in [-0.1, -0.05) is 17.7 Å². The van der Waals surface area contributed by atoms with Crippen molar-refractivity contribution in [2.45, 2.75) is 17.1 Å². The predicted molar refractivity (Wildman–Crippen MR) is 96.0 cm³/mol. The summed E-state index contributed by atoms with van der Waals surface area (Å²) in [6, 6.07) is 13.7. The fourth-order valence-electron chi connectivity index (χ4n) is 1.95. The molecule has 0 fully saturated rings. The van der Waals surface area contributed by atoms with Gasteiger partial charge in [0.05, 0.1) is 11.5 Å². The van der Waals surface area contributed by atoms with Gasteiger partial charge >= 0.3 is 0 Å². The van der Waals surface area contributed by atoms with Crippen molar-refractivity contribution in [2.24, 2.45) is 0 Å². The van der Waals surface area contributed by atoms with Crippen LogP contribution in [0.5, 0.6) is 0 Å². The first-order valence-electron chi connectivity index (χ1n) is 6.79. The fraction of sp³-hybridized carbons (Fsp3) is 0.188. The van der Waals surface area contributed by atoms with Gasteiger partial charge in [-0.3, -0.25) is 9.52 Å². The molecule has 7 heteroatoms. The van der Waals surface area contributed by atoms with Gasteiger partial charge in [-0.15, -0.1) is 11.8 Å². The van der Waals surface area contributed by atoms with E-state index in [9.17, 15) is 13.2 Å². The first kappa shape index (κ1) is 17.8. The van der Waals surface area contributed by atoms with Crippen LogP contribution in [0.1, 0.15) is 17.3 Å². The van der Waals surface area contributed by atoms with E-state index < -0.39 is 10.0 Å². The highest BCUT2D eigenvalue weighted by atomic mass is 35.5. The van der Waals surface area contributed by atoms with Crippen LogP contribution in [0.2, 0.25) is 5.02 Å². The molecule has 0 radical (unpaired) electrons. The topological polar surface area (TPSA) is 63.2 Å². The van der Waals surface area contributed by atoms with E-state index in [2.05, 4.69) is 4.72 Å². The molecule has 0 spiro atoms. The Labute approximate surface area is 145 Å². The molecule has 2 aromatic carbocycles. The number of thioether (sulfide) groups is 1. The Bertz CT molecular complexity index is 804. The lowest BCUT2D eigenvalue weighted by Crippen LogP contribution is -2.14. The standard InChI is InChI=1S/C16H16ClNO3S2/c1-11(22-15-5-3-4-13(17)10-15)16(19)12-6-8-14(9-7-12)18-23(2,20)21/h3-11,18H,1-2H3. The Hall–Kier alpha value is -1.50. The normalized spacial score (nSPS) is 12.7. The molecule has 23 heavy (non-hydrogen) atoms. The molecule has 0 saturated carbocycles. The lowest BCUT2D eigenvalue weighted by Gasteiger charge is -2.11. The molecular formula is C16H16ClNO3S2. The molecule has 4 nitrogen and oxygen atoms in total. The van der Waals surface area contributed by atoms with Crippen LogP contribution in [-0.4, -0.2) is 25.7 Å². The van der Waals surface area contributed by atoms with Gasteiger partial charge in [-0.25, -0.2) is 8.42 Å². The van der Waals surface area contributed by atoms with Gasteiger partial charge in [-0.2, -0.15) is 0 Å². The van der Waals surface area contributed by atoms with Gasteiger partial charge in [0.25, 0.3) is 0 Å². The Morgan fingerprint density at radius 2 is 1.83 bits per heavy atom. The largest absolute Gasteiger partial charge is 0.293 e. The summed E-state index contributed by atoms with van der Waals surface area (Å²) in [7, 11) is -3.32. The minimum Gasteiger partial charge on any atom is -0.293 e. The SMILES string of the molecule is CC(Sc1cccc(Cl)c1)C(=O)c1ccc(NS(C)(=O)=O)cc1. The molecule has 1 N–H and O–H groups in total. The van der Waals surface area contributed by atoms with Crippen LogP contribution in [0.4, 0.5) is 5.69 Å². The van der Waals surface area contributed by atoms with Crippen molar-refractivity contribution in [2.75, 3.05) is 11.0 Å². The first-order valence-corrected chi connectivity index (χ1v) is 9.94. The maximum atomic E-state index is 12.4. The Kier molecular flexibility index (Phi) is 5.73. The third-order valence-electron chi connectivity index (χ3n) is 2.95. The molecule has 0 heterocycles. The van der Waals surface area contributed by atoms with Gasteiger partial charge in [-0.05, 0) is 49.4 Å². The number of hydrogen-bond acceptors (Lipinski definition) is 4. The average Bonchev–Trinajstić information content (AvgIpc) is 2.45. The zero-order chi connectivity index (χ0) is 17.0. The number of Topliss-reactive ketones (excluding diaryl/α,β-unsaturated/α-hetero) is 1. The highest BCUT2D eigenvalue weighted by Crippen LogP contribution is 2.28. The third-order valence-corrected chi connectivity index (χ3v) is 4.89. The number of anilines is 1. The Morgan fingerprint density at radius 1 is 1.17 bits per heavy atom. The van der Waals surface area contributed by atoms with Crippen molar-refractivity contribution in [3.8, 4) is 0 Å². The third kappa shape index (κ3) is 5.57. The maximum Gasteiger partial charge on any atom is 0.229 e.